The van der Waals surface area contributed by atoms with Crippen LogP contribution in [-0.2, 0) is 0 Å². The summed E-state index contributed by atoms with van der Waals surface area (Å²) in [6, 6.07) is 0. The van der Waals surface area contributed by atoms with E-state index in [0.717, 1.165) is 12.1 Å². The summed E-state index contributed by atoms with van der Waals surface area (Å²) in [6.45, 7) is 5.50. The normalized spacial score (nSPS) is 11.3. The summed E-state index contributed by atoms with van der Waals surface area (Å²) in [5.41, 5.74) is 6.26. The Morgan fingerprint density at radius 1 is 1.86 bits per heavy atom. The highest BCUT2D eigenvalue weighted by molar-refractivity contribution is 5.05. The van der Waals surface area contributed by atoms with Gasteiger partial charge in [-0.05, 0) is 12.5 Å². The SMILES string of the molecule is C=C/C=C(/N)CC. The Hall–Kier alpha value is -0.720. The van der Waals surface area contributed by atoms with Gasteiger partial charge in [0.25, 0.3) is 0 Å². The molecule has 0 spiro atoms. The lowest BCUT2D eigenvalue weighted by molar-refractivity contribution is 1.07. The zero-order valence-corrected chi connectivity index (χ0v) is 4.65. The minimum absolute atomic E-state index is 0.884. The van der Waals surface area contributed by atoms with Crippen LogP contribution in [0.5, 0.6) is 0 Å². The molecule has 0 aromatic rings. The summed E-state index contributed by atoms with van der Waals surface area (Å²) in [4.78, 5) is 0. The monoisotopic (exact) mass is 97.1 g/mol. The van der Waals surface area contributed by atoms with Crippen molar-refractivity contribution >= 4 is 0 Å². The van der Waals surface area contributed by atoms with Crippen molar-refractivity contribution in [3.63, 3.8) is 0 Å². The first-order valence-corrected chi connectivity index (χ1v) is 2.38. The predicted molar refractivity (Wildman–Crippen MR) is 32.8 cm³/mol. The van der Waals surface area contributed by atoms with E-state index in [2.05, 4.69) is 6.58 Å². The maximum Gasteiger partial charge on any atom is 0.00774 e. The molecule has 0 aliphatic heterocycles. The fourth-order valence-corrected chi connectivity index (χ4v) is 0.269. The van der Waals surface area contributed by atoms with Crippen LogP contribution in [0.4, 0.5) is 0 Å². The topological polar surface area (TPSA) is 26.0 Å². The highest BCUT2D eigenvalue weighted by Crippen LogP contribution is 1.87. The molecule has 0 atom stereocenters. The Morgan fingerprint density at radius 2 is 2.43 bits per heavy atom. The molecular weight excluding hydrogens is 86.1 g/mol. The third-order valence-electron chi connectivity index (χ3n) is 0.740. The van der Waals surface area contributed by atoms with Crippen molar-refractivity contribution in [2.45, 2.75) is 13.3 Å². The molecule has 0 radical (unpaired) electrons. The zero-order chi connectivity index (χ0) is 5.70. The smallest absolute Gasteiger partial charge is 0.00774 e. The van der Waals surface area contributed by atoms with Gasteiger partial charge in [-0.2, -0.15) is 0 Å². The van der Waals surface area contributed by atoms with Crippen LogP contribution >= 0.6 is 0 Å². The fraction of sp³-hybridized carbons (Fsp3) is 0.333. The van der Waals surface area contributed by atoms with Gasteiger partial charge in [0, 0.05) is 5.70 Å². The maximum absolute atomic E-state index is 5.37. The number of nitrogens with two attached hydrogens (primary N) is 1. The molecule has 40 valence electrons. The van der Waals surface area contributed by atoms with Gasteiger partial charge in [0.15, 0.2) is 0 Å². The van der Waals surface area contributed by atoms with Gasteiger partial charge < -0.3 is 5.73 Å². The van der Waals surface area contributed by atoms with Crippen LogP contribution in [0.3, 0.4) is 0 Å². The lowest BCUT2D eigenvalue weighted by Crippen LogP contribution is -1.92. The highest BCUT2D eigenvalue weighted by atomic mass is 14.6. The highest BCUT2D eigenvalue weighted by Gasteiger charge is 1.75. The van der Waals surface area contributed by atoms with Crippen LogP contribution in [0, 0.1) is 0 Å². The molecule has 0 aliphatic rings. The van der Waals surface area contributed by atoms with E-state index in [1.165, 1.54) is 0 Å². The van der Waals surface area contributed by atoms with E-state index in [9.17, 15) is 0 Å². The molecule has 0 amide bonds. The second-order valence-corrected chi connectivity index (χ2v) is 1.33. The molecule has 0 aromatic heterocycles. The van der Waals surface area contributed by atoms with E-state index >= 15 is 0 Å². The van der Waals surface area contributed by atoms with Gasteiger partial charge in [-0.3, -0.25) is 0 Å². The van der Waals surface area contributed by atoms with Crippen molar-refractivity contribution < 1.29 is 0 Å². The lowest BCUT2D eigenvalue weighted by Gasteiger charge is -1.87. The average molecular weight is 97.2 g/mol. The summed E-state index contributed by atoms with van der Waals surface area (Å²) in [7, 11) is 0. The third kappa shape index (κ3) is 3.10. The van der Waals surface area contributed by atoms with Crippen LogP contribution in [0.15, 0.2) is 24.4 Å². The average Bonchev–Trinajstić information content (AvgIpc) is 1.68. The summed E-state index contributed by atoms with van der Waals surface area (Å²) in [6.07, 6.45) is 4.41. The van der Waals surface area contributed by atoms with Crippen molar-refractivity contribution in [3.05, 3.63) is 24.4 Å². The minimum atomic E-state index is 0.884. The van der Waals surface area contributed by atoms with Crippen LogP contribution in [0.1, 0.15) is 13.3 Å². The predicted octanol–water partition coefficient (Wildman–Crippen LogP) is 1.43. The number of hydrogen-bond donors (Lipinski definition) is 1. The molecule has 7 heavy (non-hydrogen) atoms. The van der Waals surface area contributed by atoms with Gasteiger partial charge in [0.1, 0.15) is 0 Å². The quantitative estimate of drug-likeness (QED) is 0.518. The lowest BCUT2D eigenvalue weighted by atomic mass is 10.3. The Kier molecular flexibility index (Phi) is 3.11. The molecule has 0 aliphatic carbocycles. The second kappa shape index (κ2) is 3.47. The molecule has 1 nitrogen and oxygen atoms in total. The molecule has 1 heteroatoms. The Bertz CT molecular complexity index is 82.2. The van der Waals surface area contributed by atoms with E-state index < -0.39 is 0 Å². The standard InChI is InChI=1S/C6H11N/c1-3-5-6(7)4-2/h3,5H,1,4,7H2,2H3/b6-5+. The summed E-state index contributed by atoms with van der Waals surface area (Å²) < 4.78 is 0. The number of allylic oxidation sites excluding steroid dienone is 3. The molecule has 0 bridgehead atoms. The first kappa shape index (κ1) is 6.28. The number of hydrogen-bond acceptors (Lipinski definition) is 1. The van der Waals surface area contributed by atoms with E-state index in [1.54, 1.807) is 12.2 Å². The molecule has 0 fully saturated rings. The largest absolute Gasteiger partial charge is 0.402 e. The van der Waals surface area contributed by atoms with Crippen LogP contribution in [-0.4, -0.2) is 0 Å². The molecule has 0 saturated carbocycles. The van der Waals surface area contributed by atoms with E-state index in [0.29, 0.717) is 0 Å². The first-order chi connectivity index (χ1) is 3.31. The number of rotatable bonds is 2. The van der Waals surface area contributed by atoms with Gasteiger partial charge in [-0.1, -0.05) is 19.6 Å². The zero-order valence-electron chi connectivity index (χ0n) is 4.65. The van der Waals surface area contributed by atoms with Crippen LogP contribution in [0.25, 0.3) is 0 Å². The summed E-state index contributed by atoms with van der Waals surface area (Å²) in [5, 5.41) is 0. The molecular formula is C6H11N. The Balaban J connectivity index is 3.49. The van der Waals surface area contributed by atoms with Crippen molar-refractivity contribution in [1.82, 2.24) is 0 Å². The fourth-order valence-electron chi connectivity index (χ4n) is 0.269. The first-order valence-electron chi connectivity index (χ1n) is 2.38. The molecule has 0 rings (SSSR count). The van der Waals surface area contributed by atoms with Gasteiger partial charge in [0.2, 0.25) is 0 Å². The second-order valence-electron chi connectivity index (χ2n) is 1.33. The molecule has 0 heterocycles. The van der Waals surface area contributed by atoms with Gasteiger partial charge >= 0.3 is 0 Å². The molecule has 0 aromatic carbocycles. The van der Waals surface area contributed by atoms with Crippen LogP contribution < -0.4 is 5.73 Å². The van der Waals surface area contributed by atoms with Crippen molar-refractivity contribution in [2.24, 2.45) is 5.73 Å². The van der Waals surface area contributed by atoms with E-state index in [4.69, 9.17) is 5.73 Å². The summed E-state index contributed by atoms with van der Waals surface area (Å²) >= 11 is 0. The Labute approximate surface area is 44.5 Å². The van der Waals surface area contributed by atoms with E-state index in [1.807, 2.05) is 6.92 Å². The van der Waals surface area contributed by atoms with E-state index in [-0.39, 0.29) is 0 Å². The molecule has 0 saturated heterocycles. The van der Waals surface area contributed by atoms with Gasteiger partial charge in [-0.15, -0.1) is 0 Å². The van der Waals surface area contributed by atoms with Gasteiger partial charge in [0.05, 0.1) is 0 Å². The third-order valence-corrected chi connectivity index (χ3v) is 0.740. The minimum Gasteiger partial charge on any atom is -0.402 e. The van der Waals surface area contributed by atoms with Gasteiger partial charge in [-0.25, -0.2) is 0 Å². The van der Waals surface area contributed by atoms with Crippen molar-refractivity contribution in [3.8, 4) is 0 Å². The van der Waals surface area contributed by atoms with Crippen molar-refractivity contribution in [1.29, 1.82) is 0 Å². The van der Waals surface area contributed by atoms with Crippen molar-refractivity contribution in [2.75, 3.05) is 0 Å². The maximum atomic E-state index is 5.37. The molecule has 0 unspecified atom stereocenters. The molecule has 2 N–H and O–H groups in total. The summed E-state index contributed by atoms with van der Waals surface area (Å²) in [5.74, 6) is 0. The van der Waals surface area contributed by atoms with Crippen LogP contribution in [0.2, 0.25) is 0 Å². The Morgan fingerprint density at radius 3 is 2.57 bits per heavy atom.